The molecule has 8 bridgehead atoms. The molecule has 2 unspecified atom stereocenters. The highest BCUT2D eigenvalue weighted by molar-refractivity contribution is 7.47. The lowest BCUT2D eigenvalue weighted by Crippen LogP contribution is -2.56. The maximum atomic E-state index is 14.4. The highest BCUT2D eigenvalue weighted by Crippen LogP contribution is 2.63. The first kappa shape index (κ1) is 68.9. The van der Waals surface area contributed by atoms with E-state index < -0.39 is 143 Å². The Hall–Kier alpha value is -7.00. The van der Waals surface area contributed by atoms with Crippen molar-refractivity contribution in [3.8, 4) is 0 Å². The lowest BCUT2D eigenvalue weighted by molar-refractivity contribution is -0.124. The van der Waals surface area contributed by atoms with Crippen LogP contribution < -0.4 is 45.0 Å². The number of primary amides is 6. The number of aliphatic hydroxyl groups excluding tert-OH is 2. The number of ether oxygens (including phenoxy) is 1. The highest BCUT2D eigenvalue weighted by Gasteiger charge is 2.66. The van der Waals surface area contributed by atoms with Gasteiger partial charge in [-0.25, -0.2) is 9.55 Å². The number of aliphatic imine (C=N–C) groups is 3. The number of benzene rings is 1. The predicted octanol–water partition coefficient (Wildman–Crippen LogP) is 3.16. The van der Waals surface area contributed by atoms with Gasteiger partial charge in [0.25, 0.3) is 0 Å². The third-order valence-corrected chi connectivity index (χ3v) is 21.7. The van der Waals surface area contributed by atoms with Crippen LogP contribution in [0.2, 0.25) is 0 Å². The summed E-state index contributed by atoms with van der Waals surface area (Å²) >= 11 is 0. The van der Waals surface area contributed by atoms with Crippen LogP contribution in [-0.4, -0.2) is 132 Å². The first-order valence-corrected chi connectivity index (χ1v) is 32.1. The molecule has 27 nitrogen and oxygen atoms in total. The smallest absolute Gasteiger partial charge is 0.394 e. The number of amides is 7. The quantitative estimate of drug-likeness (QED) is 0.0603. The number of aliphatic hydroxyl groups is 2. The van der Waals surface area contributed by atoms with E-state index in [1.165, 1.54) is 13.3 Å². The molecule has 90 heavy (non-hydrogen) atoms. The van der Waals surface area contributed by atoms with E-state index in [4.69, 9.17) is 63.2 Å². The van der Waals surface area contributed by atoms with E-state index in [1.807, 2.05) is 87.4 Å². The first-order chi connectivity index (χ1) is 41.8. The van der Waals surface area contributed by atoms with Crippen LogP contribution in [0.4, 0.5) is 0 Å². The Morgan fingerprint density at radius 3 is 1.99 bits per heavy atom. The van der Waals surface area contributed by atoms with Gasteiger partial charge in [-0.1, -0.05) is 34.6 Å². The third-order valence-electron chi connectivity index (χ3n) is 20.6. The molecular weight excluding hydrogens is 1180 g/mol. The zero-order valence-electron chi connectivity index (χ0n) is 53.3. The number of fused-ring (bicyclic) bond motifs is 7. The van der Waals surface area contributed by atoms with Crippen LogP contribution >= 0.6 is 7.82 Å². The molecule has 6 aliphatic rings. The van der Waals surface area contributed by atoms with E-state index in [2.05, 4.69) is 15.6 Å². The van der Waals surface area contributed by atoms with Crippen LogP contribution in [-0.2, 0) is 51.9 Å². The number of hydrogen-bond donors (Lipinski definition) is 11. The van der Waals surface area contributed by atoms with Gasteiger partial charge in [0, 0.05) is 131 Å². The van der Waals surface area contributed by atoms with Crippen molar-refractivity contribution in [3.05, 3.63) is 63.9 Å². The molecule has 0 aliphatic carbocycles. The minimum atomic E-state index is -5.07. The predicted molar refractivity (Wildman–Crippen MR) is 334 cm³/mol. The Labute approximate surface area is 523 Å². The van der Waals surface area contributed by atoms with Crippen LogP contribution in [0.5, 0.6) is 0 Å². The summed E-state index contributed by atoms with van der Waals surface area (Å²) in [5.74, 6) is -7.18. The molecule has 2 saturated heterocycles. The number of carbonyl (C=O) groups excluding carboxylic acids is 7. The van der Waals surface area contributed by atoms with Gasteiger partial charge in [0.2, 0.25) is 41.4 Å². The topological polar surface area (TPSA) is 460 Å². The number of phosphoric acid groups is 1. The molecule has 492 valence electrons. The van der Waals surface area contributed by atoms with Gasteiger partial charge in [0.05, 0.1) is 41.7 Å². The standard InChI is InChI=1S/C62H90N13O14P/c1-29-20-39-40(21-30(29)2)75(28-70-39)57-52(84)53(41(27-76)87-57)89-90(85,86)88-31(3)26-69-49(83)18-19-59(8)37(22-46(66)80)56-62(11)61(10,25-48(68)82)36(14-17-45(65)79)51(74-62)33(5)55-60(9,24-47(67)81)34(12-15-43(63)77)38(71-55)23-42-58(6,7)35(13-16-44(64)78)50(72-42)32(4)54(59)73-56/h20-21,23,28,31,34-37,41,52-53,56-57,71,76,84H,12-19,22,24-27H2,1-11H3,(H2,63,77)(H2,64,78)(H2,65,79)(H2,66,80)(H2,67,81)(H2,68,82)(H,69,83)(H,85,86)/b38-23?,50-32?,55-33-/t31-,34-,35-,36-,37+,41-,52-,53-,56?,57+,59-,60-,61+,62+/m1/s1. The van der Waals surface area contributed by atoms with Crippen molar-refractivity contribution < 1.29 is 67.0 Å². The minimum absolute atomic E-state index is 0.0114. The van der Waals surface area contributed by atoms with Gasteiger partial charge in [0.1, 0.15) is 18.3 Å². The fourth-order valence-electron chi connectivity index (χ4n) is 15.4. The van der Waals surface area contributed by atoms with Gasteiger partial charge < -0.3 is 69.4 Å². The lowest BCUT2D eigenvalue weighted by Gasteiger charge is -2.48. The Kier molecular flexibility index (Phi) is 19.6. The summed E-state index contributed by atoms with van der Waals surface area (Å²) in [5, 5.41) is 28.2. The molecule has 0 saturated carbocycles. The van der Waals surface area contributed by atoms with E-state index in [0.717, 1.165) is 11.1 Å². The zero-order chi connectivity index (χ0) is 66.7. The number of nitrogens with two attached hydrogens (primary N) is 6. The summed E-state index contributed by atoms with van der Waals surface area (Å²) in [6.07, 6.45) is -4.26. The fraction of sp³-hybridized carbons (Fsp3) is 0.629. The van der Waals surface area contributed by atoms with E-state index in [9.17, 15) is 53.2 Å². The SMILES string of the molecule is CC1=C2N=C(C=C3N/C(=C(/C)C4=N[C@@](C)(C5N=C1[C@](C)(CCC(=O)NC[C@@H](C)OP(=O)(O)O[C@H]1[C@@H](O)[C@@H](n6cnc7cc(C)c(C)cc76)O[C@@H]1CO)[C@H]5CC(N)=O)[C@@](C)(CC(N)=O)[C@@H]4CCC(N)=O)[C@](C)(CC(N)=O)[C@@H]3CCC(N)=O)C(C)(C)[C@@H]2CCC(N)=O. The van der Waals surface area contributed by atoms with Crippen LogP contribution in [0.15, 0.2) is 67.8 Å². The summed E-state index contributed by atoms with van der Waals surface area (Å²) < 4.78 is 32.3. The molecule has 1 aromatic heterocycles. The number of phosphoric ester groups is 1. The summed E-state index contributed by atoms with van der Waals surface area (Å²) in [6.45, 7) is 19.3. The molecule has 0 radical (unpaired) electrons. The highest BCUT2D eigenvalue weighted by atomic mass is 31.2. The van der Waals surface area contributed by atoms with Gasteiger partial charge in [-0.15, -0.1) is 0 Å². The minimum Gasteiger partial charge on any atom is -0.394 e. The number of nitrogens with one attached hydrogen (secondary N) is 2. The monoisotopic (exact) mass is 1270 g/mol. The Morgan fingerprint density at radius 2 is 1.40 bits per heavy atom. The number of nitrogens with zero attached hydrogens (tertiary/aromatic N) is 5. The fourth-order valence-corrected chi connectivity index (χ4v) is 16.6. The Balaban J connectivity index is 1.19. The van der Waals surface area contributed by atoms with Crippen molar-refractivity contribution >= 4 is 77.3 Å². The zero-order valence-corrected chi connectivity index (χ0v) is 54.1. The Morgan fingerprint density at radius 1 is 0.800 bits per heavy atom. The average molecular weight is 1270 g/mol. The van der Waals surface area contributed by atoms with Crippen LogP contribution in [0.3, 0.4) is 0 Å². The van der Waals surface area contributed by atoms with Crippen LogP contribution in [0, 0.1) is 59.2 Å². The van der Waals surface area contributed by atoms with Crippen molar-refractivity contribution in [2.75, 3.05) is 13.2 Å². The normalized spacial score (nSPS) is 32.8. The second-order valence-electron chi connectivity index (χ2n) is 27.1. The Bertz CT molecular complexity index is 3540. The average Bonchev–Trinajstić information content (AvgIpc) is 1.53. The number of rotatable bonds is 26. The molecule has 7 amide bonds. The first-order valence-electron chi connectivity index (χ1n) is 30.6. The lowest BCUT2D eigenvalue weighted by atomic mass is 9.55. The van der Waals surface area contributed by atoms with Gasteiger partial charge in [-0.2, -0.15) is 0 Å². The second kappa shape index (κ2) is 25.6. The van der Waals surface area contributed by atoms with Gasteiger partial charge in [0.15, 0.2) is 6.23 Å². The molecule has 0 spiro atoms. The number of allylic oxidation sites excluding steroid dienone is 6. The van der Waals surface area contributed by atoms with E-state index in [1.54, 1.807) is 4.57 Å². The van der Waals surface area contributed by atoms with E-state index >= 15 is 0 Å². The number of aromatic nitrogens is 2. The molecule has 15 atom stereocenters. The molecule has 1 aromatic carbocycles. The van der Waals surface area contributed by atoms with Crippen molar-refractivity contribution in [1.29, 1.82) is 0 Å². The largest absolute Gasteiger partial charge is 0.472 e. The second-order valence-corrected chi connectivity index (χ2v) is 28.4. The van der Waals surface area contributed by atoms with Crippen molar-refractivity contribution in [2.45, 2.75) is 189 Å². The van der Waals surface area contributed by atoms with Crippen LogP contribution in [0.25, 0.3) is 11.0 Å². The maximum Gasteiger partial charge on any atom is 0.472 e. The molecule has 8 rings (SSSR count). The molecule has 2 fully saturated rings. The van der Waals surface area contributed by atoms with Crippen LogP contribution in [0.1, 0.15) is 150 Å². The molecule has 17 N–H and O–H groups in total. The van der Waals surface area contributed by atoms with Gasteiger partial charge in [-0.3, -0.25) is 57.6 Å². The summed E-state index contributed by atoms with van der Waals surface area (Å²) in [4.78, 5) is 126. The van der Waals surface area contributed by atoms with Crippen molar-refractivity contribution in [3.63, 3.8) is 0 Å². The number of aryl methyl sites for hydroxylation is 2. The third kappa shape index (κ3) is 13.0. The van der Waals surface area contributed by atoms with Gasteiger partial charge >= 0.3 is 7.82 Å². The molecule has 28 heteroatoms. The summed E-state index contributed by atoms with van der Waals surface area (Å²) in [5.41, 5.74) is 37.4. The number of imidazole rings is 1. The number of carbonyl (C=O) groups is 7. The summed E-state index contributed by atoms with van der Waals surface area (Å²) in [7, 11) is -5.07. The van der Waals surface area contributed by atoms with E-state index in [0.29, 0.717) is 56.4 Å². The van der Waals surface area contributed by atoms with Crippen molar-refractivity contribution in [1.82, 2.24) is 20.2 Å². The molecular formula is C62H90N13O14P. The maximum absolute atomic E-state index is 14.4. The van der Waals surface area contributed by atoms with Gasteiger partial charge in [-0.05, 0) is 108 Å². The molecule has 2 aromatic rings. The summed E-state index contributed by atoms with van der Waals surface area (Å²) in [6, 6.07) is 2.70. The molecule has 6 aliphatic heterocycles. The molecule has 7 heterocycles. The van der Waals surface area contributed by atoms with E-state index in [-0.39, 0.29) is 77.2 Å². The number of hydrogen-bond acceptors (Lipinski definition) is 18. The van der Waals surface area contributed by atoms with Crippen molar-refractivity contribution in [2.24, 2.45) is 94.7 Å².